The van der Waals surface area contributed by atoms with Gasteiger partial charge in [-0.25, -0.2) is 8.42 Å². The smallest absolute Gasteiger partial charge is 0.321 e. The van der Waals surface area contributed by atoms with E-state index in [-0.39, 0.29) is 19.0 Å². The summed E-state index contributed by atoms with van der Waals surface area (Å²) in [5, 5.41) is 0. The normalized spacial score (nSPS) is 11.1. The largest absolute Gasteiger partial charge is 0.493 e. The number of esters is 1. The summed E-state index contributed by atoms with van der Waals surface area (Å²) in [4.78, 5) is 11.1. The summed E-state index contributed by atoms with van der Waals surface area (Å²) in [5.41, 5.74) is 6.17. The standard InChI is InChI=1S/C13H19NO5S/c1-2-18-13(15)10-20(16,17)8-4-7-19-12-6-3-5-11(14)9-12/h3,5-6,9H,2,4,7-8,10,14H2,1H3. The minimum Gasteiger partial charge on any atom is -0.493 e. The lowest BCUT2D eigenvalue weighted by Crippen LogP contribution is -2.21. The highest BCUT2D eigenvalue weighted by Crippen LogP contribution is 2.14. The van der Waals surface area contributed by atoms with Crippen molar-refractivity contribution in [1.82, 2.24) is 0 Å². The number of sulfone groups is 1. The van der Waals surface area contributed by atoms with Gasteiger partial charge in [-0.2, -0.15) is 0 Å². The van der Waals surface area contributed by atoms with Crippen LogP contribution in [-0.4, -0.2) is 39.1 Å². The third-order valence-corrected chi connectivity index (χ3v) is 3.96. The van der Waals surface area contributed by atoms with Crippen molar-refractivity contribution in [2.45, 2.75) is 13.3 Å². The maximum Gasteiger partial charge on any atom is 0.321 e. The van der Waals surface area contributed by atoms with E-state index >= 15 is 0 Å². The number of benzene rings is 1. The summed E-state index contributed by atoms with van der Waals surface area (Å²) >= 11 is 0. The Bertz CT molecular complexity index is 541. The summed E-state index contributed by atoms with van der Waals surface area (Å²) in [7, 11) is -3.44. The van der Waals surface area contributed by atoms with Gasteiger partial charge in [-0.05, 0) is 25.5 Å². The van der Waals surface area contributed by atoms with Crippen molar-refractivity contribution in [3.63, 3.8) is 0 Å². The van der Waals surface area contributed by atoms with Crippen LogP contribution in [0.2, 0.25) is 0 Å². The fourth-order valence-corrected chi connectivity index (χ4v) is 2.67. The number of ether oxygens (including phenoxy) is 2. The van der Waals surface area contributed by atoms with Crippen LogP contribution in [0.25, 0.3) is 0 Å². The van der Waals surface area contributed by atoms with Crippen molar-refractivity contribution in [3.05, 3.63) is 24.3 Å². The van der Waals surface area contributed by atoms with E-state index in [9.17, 15) is 13.2 Å². The van der Waals surface area contributed by atoms with Crippen LogP contribution in [0.5, 0.6) is 5.75 Å². The molecule has 0 bridgehead atoms. The number of anilines is 1. The van der Waals surface area contributed by atoms with E-state index < -0.39 is 21.6 Å². The van der Waals surface area contributed by atoms with Gasteiger partial charge in [0, 0.05) is 11.8 Å². The van der Waals surface area contributed by atoms with Gasteiger partial charge >= 0.3 is 5.97 Å². The van der Waals surface area contributed by atoms with Gasteiger partial charge in [0.05, 0.1) is 19.0 Å². The van der Waals surface area contributed by atoms with Crippen molar-refractivity contribution in [1.29, 1.82) is 0 Å². The van der Waals surface area contributed by atoms with E-state index in [4.69, 9.17) is 10.5 Å². The summed E-state index contributed by atoms with van der Waals surface area (Å²) in [6, 6.07) is 6.88. The number of hydrogen-bond acceptors (Lipinski definition) is 6. The molecule has 0 fully saturated rings. The predicted molar refractivity (Wildman–Crippen MR) is 76.3 cm³/mol. The molecule has 2 N–H and O–H groups in total. The lowest BCUT2D eigenvalue weighted by molar-refractivity contribution is -0.139. The molecule has 1 aromatic rings. The second-order valence-corrected chi connectivity index (χ2v) is 6.36. The van der Waals surface area contributed by atoms with Crippen LogP contribution in [0.1, 0.15) is 13.3 Å². The number of carbonyl (C=O) groups is 1. The molecule has 0 amide bonds. The molecule has 6 nitrogen and oxygen atoms in total. The molecule has 0 radical (unpaired) electrons. The summed E-state index contributed by atoms with van der Waals surface area (Å²) in [6.07, 6.45) is 0.302. The highest BCUT2D eigenvalue weighted by atomic mass is 32.2. The molecule has 0 saturated heterocycles. The zero-order chi connectivity index (χ0) is 15.0. The average molecular weight is 301 g/mol. The van der Waals surface area contributed by atoms with Crippen LogP contribution in [0.4, 0.5) is 5.69 Å². The summed E-state index contributed by atoms with van der Waals surface area (Å²) < 4.78 is 33.2. The van der Waals surface area contributed by atoms with Crippen LogP contribution in [0.15, 0.2) is 24.3 Å². The van der Waals surface area contributed by atoms with E-state index in [1.807, 2.05) is 0 Å². The van der Waals surface area contributed by atoms with Crippen LogP contribution >= 0.6 is 0 Å². The highest BCUT2D eigenvalue weighted by Gasteiger charge is 2.17. The van der Waals surface area contributed by atoms with Crippen LogP contribution < -0.4 is 10.5 Å². The first kappa shape index (κ1) is 16.3. The zero-order valence-electron chi connectivity index (χ0n) is 11.4. The first-order valence-electron chi connectivity index (χ1n) is 6.27. The number of carbonyl (C=O) groups excluding carboxylic acids is 1. The van der Waals surface area contributed by atoms with Gasteiger partial charge in [-0.1, -0.05) is 6.07 Å². The molecule has 1 aromatic carbocycles. The average Bonchev–Trinajstić information content (AvgIpc) is 2.34. The lowest BCUT2D eigenvalue weighted by atomic mass is 10.3. The van der Waals surface area contributed by atoms with Gasteiger partial charge in [0.1, 0.15) is 11.5 Å². The van der Waals surface area contributed by atoms with Crippen molar-refractivity contribution in [2.24, 2.45) is 0 Å². The Labute approximate surface area is 118 Å². The van der Waals surface area contributed by atoms with Crippen molar-refractivity contribution < 1.29 is 22.7 Å². The molecule has 0 aliphatic rings. The number of nitrogens with two attached hydrogens (primary N) is 1. The van der Waals surface area contributed by atoms with Gasteiger partial charge in [-0.15, -0.1) is 0 Å². The predicted octanol–water partition coefficient (Wildman–Crippen LogP) is 1.02. The number of rotatable bonds is 8. The van der Waals surface area contributed by atoms with E-state index in [1.165, 1.54) is 0 Å². The second-order valence-electron chi connectivity index (χ2n) is 4.17. The Morgan fingerprint density at radius 3 is 2.75 bits per heavy atom. The molecule has 0 aliphatic heterocycles. The summed E-state index contributed by atoms with van der Waals surface area (Å²) in [5.74, 6) is -0.829. The van der Waals surface area contributed by atoms with Crippen molar-refractivity contribution in [2.75, 3.05) is 30.5 Å². The summed E-state index contributed by atoms with van der Waals surface area (Å²) in [6.45, 7) is 2.04. The second kappa shape index (κ2) is 7.74. The molecular formula is C13H19NO5S. The Kier molecular flexibility index (Phi) is 6.30. The zero-order valence-corrected chi connectivity index (χ0v) is 12.2. The minimum atomic E-state index is -3.44. The third-order valence-electron chi connectivity index (χ3n) is 2.37. The molecule has 7 heteroatoms. The molecule has 0 saturated carbocycles. The van der Waals surface area contributed by atoms with Gasteiger partial charge in [0.15, 0.2) is 9.84 Å². The lowest BCUT2D eigenvalue weighted by Gasteiger charge is -2.07. The van der Waals surface area contributed by atoms with Crippen LogP contribution in [0, 0.1) is 0 Å². The monoisotopic (exact) mass is 301 g/mol. The molecule has 20 heavy (non-hydrogen) atoms. The highest BCUT2D eigenvalue weighted by molar-refractivity contribution is 7.92. The molecule has 0 unspecified atom stereocenters. The fraction of sp³-hybridized carbons (Fsp3) is 0.462. The number of hydrogen-bond donors (Lipinski definition) is 1. The first-order chi connectivity index (χ1) is 9.43. The van der Waals surface area contributed by atoms with Gasteiger partial charge < -0.3 is 15.2 Å². The Balaban J connectivity index is 2.31. The molecule has 1 rings (SSSR count). The quantitative estimate of drug-likeness (QED) is 0.437. The van der Waals surface area contributed by atoms with E-state index in [1.54, 1.807) is 31.2 Å². The SMILES string of the molecule is CCOC(=O)CS(=O)(=O)CCCOc1cccc(N)c1. The van der Waals surface area contributed by atoms with Crippen LogP contribution in [-0.2, 0) is 19.4 Å². The van der Waals surface area contributed by atoms with Crippen molar-refractivity contribution >= 4 is 21.5 Å². The van der Waals surface area contributed by atoms with E-state index in [0.29, 0.717) is 17.9 Å². The molecule has 0 aromatic heterocycles. The third kappa shape index (κ3) is 6.42. The molecule has 0 spiro atoms. The topological polar surface area (TPSA) is 95.7 Å². The van der Waals surface area contributed by atoms with E-state index in [0.717, 1.165) is 0 Å². The maximum atomic E-state index is 11.6. The number of nitrogen functional groups attached to an aromatic ring is 1. The van der Waals surface area contributed by atoms with Gasteiger partial charge in [-0.3, -0.25) is 4.79 Å². The molecule has 112 valence electrons. The Morgan fingerprint density at radius 1 is 1.35 bits per heavy atom. The van der Waals surface area contributed by atoms with E-state index in [2.05, 4.69) is 4.74 Å². The molecule has 0 aliphatic carbocycles. The van der Waals surface area contributed by atoms with Crippen LogP contribution in [0.3, 0.4) is 0 Å². The first-order valence-corrected chi connectivity index (χ1v) is 8.09. The van der Waals surface area contributed by atoms with Crippen molar-refractivity contribution in [3.8, 4) is 5.75 Å². The Hall–Kier alpha value is -1.76. The van der Waals surface area contributed by atoms with Gasteiger partial charge in [0.25, 0.3) is 0 Å². The minimum absolute atomic E-state index is 0.117. The molecular weight excluding hydrogens is 282 g/mol. The molecule has 0 heterocycles. The Morgan fingerprint density at radius 2 is 2.10 bits per heavy atom. The molecule has 0 atom stereocenters. The fourth-order valence-electron chi connectivity index (χ4n) is 1.53. The van der Waals surface area contributed by atoms with Gasteiger partial charge in [0.2, 0.25) is 0 Å². The maximum absolute atomic E-state index is 11.6.